The van der Waals surface area contributed by atoms with Crippen LogP contribution in [-0.2, 0) is 19.1 Å². The molecule has 2 aliphatic rings. The van der Waals surface area contributed by atoms with Crippen LogP contribution in [0.2, 0.25) is 0 Å². The average Bonchev–Trinajstić information content (AvgIpc) is 2.98. The summed E-state index contributed by atoms with van der Waals surface area (Å²) in [5.41, 5.74) is 3.39. The highest BCUT2D eigenvalue weighted by molar-refractivity contribution is 6.08. The fourth-order valence-corrected chi connectivity index (χ4v) is 2.09. The molecule has 19 heavy (non-hydrogen) atoms. The molecule has 2 aliphatic heterocycles. The molecule has 0 aromatic rings. The molecule has 2 rings (SSSR count). The van der Waals surface area contributed by atoms with Gasteiger partial charge in [-0.25, -0.2) is 0 Å². The first-order chi connectivity index (χ1) is 9.10. The lowest BCUT2D eigenvalue weighted by molar-refractivity contribution is -0.153. The zero-order valence-electron chi connectivity index (χ0n) is 11.2. The van der Waals surface area contributed by atoms with Gasteiger partial charge in [-0.3, -0.25) is 14.5 Å². The minimum absolute atomic E-state index is 0.212. The molecule has 0 aromatic heterocycles. The van der Waals surface area contributed by atoms with E-state index in [1.807, 2.05) is 0 Å². The second-order valence-corrected chi connectivity index (χ2v) is 4.27. The van der Waals surface area contributed by atoms with Gasteiger partial charge in [0.1, 0.15) is 5.84 Å². The van der Waals surface area contributed by atoms with E-state index in [9.17, 15) is 9.59 Å². The minimum atomic E-state index is -0.756. The number of amidine groups is 1. The van der Waals surface area contributed by atoms with Gasteiger partial charge in [-0.2, -0.15) is 5.10 Å². The second kappa shape index (κ2) is 5.29. The summed E-state index contributed by atoms with van der Waals surface area (Å²) in [6.45, 7) is 4.08. The first kappa shape index (κ1) is 13.4. The Balaban J connectivity index is 2.30. The van der Waals surface area contributed by atoms with Crippen LogP contribution in [0.25, 0.3) is 0 Å². The van der Waals surface area contributed by atoms with Crippen molar-refractivity contribution in [1.82, 2.24) is 10.3 Å². The van der Waals surface area contributed by atoms with Crippen molar-refractivity contribution >= 4 is 17.7 Å². The molecule has 7 heteroatoms. The fraction of sp³-hybridized carbons (Fsp3) is 0.583. The number of hydrogen-bond donors (Lipinski definition) is 1. The Kier molecular flexibility index (Phi) is 3.73. The van der Waals surface area contributed by atoms with Crippen LogP contribution in [0.4, 0.5) is 0 Å². The number of esters is 1. The van der Waals surface area contributed by atoms with Gasteiger partial charge in [-0.05, 0) is 6.92 Å². The first-order valence-corrected chi connectivity index (χ1v) is 6.17. The third-order valence-electron chi connectivity index (χ3n) is 3.06. The Morgan fingerprint density at radius 3 is 2.84 bits per heavy atom. The van der Waals surface area contributed by atoms with E-state index in [1.165, 1.54) is 12.0 Å². The van der Waals surface area contributed by atoms with Crippen LogP contribution in [0.15, 0.2) is 16.4 Å². The van der Waals surface area contributed by atoms with Gasteiger partial charge in [-0.15, -0.1) is 0 Å². The molecule has 1 atom stereocenters. The number of hydrogen-bond acceptors (Lipinski definition) is 6. The van der Waals surface area contributed by atoms with Gasteiger partial charge >= 0.3 is 5.97 Å². The molecule has 0 aromatic carbocycles. The van der Waals surface area contributed by atoms with Crippen LogP contribution >= 0.6 is 0 Å². The van der Waals surface area contributed by atoms with Gasteiger partial charge in [0.15, 0.2) is 5.76 Å². The van der Waals surface area contributed by atoms with Crippen molar-refractivity contribution < 1.29 is 19.1 Å². The normalized spacial score (nSPS) is 22.5. The van der Waals surface area contributed by atoms with Crippen LogP contribution in [0.5, 0.6) is 0 Å². The molecule has 0 saturated heterocycles. The molecular weight excluding hydrogens is 250 g/mol. The molecule has 0 fully saturated rings. The van der Waals surface area contributed by atoms with Crippen LogP contribution in [0.3, 0.4) is 0 Å². The Labute approximate surface area is 111 Å². The maximum absolute atomic E-state index is 12.3. The van der Waals surface area contributed by atoms with E-state index < -0.39 is 6.23 Å². The van der Waals surface area contributed by atoms with Gasteiger partial charge < -0.3 is 14.9 Å². The molecule has 0 aliphatic carbocycles. The summed E-state index contributed by atoms with van der Waals surface area (Å²) in [6.07, 6.45) is 0.100. The number of nitrogens with one attached hydrogen (secondary N) is 1. The lowest BCUT2D eigenvalue weighted by atomic mass is 10.2. The molecule has 0 bridgehead atoms. The van der Waals surface area contributed by atoms with Crippen LogP contribution in [0.1, 0.15) is 26.7 Å². The number of carbonyl (C=O) groups excluding carboxylic acids is 2. The fourth-order valence-electron chi connectivity index (χ4n) is 2.09. The van der Waals surface area contributed by atoms with Crippen molar-refractivity contribution in [2.75, 3.05) is 13.7 Å². The van der Waals surface area contributed by atoms with Crippen molar-refractivity contribution in [2.45, 2.75) is 32.9 Å². The molecule has 0 radical (unpaired) electrons. The number of amides is 1. The molecule has 7 nitrogen and oxygen atoms in total. The maximum Gasteiger partial charge on any atom is 0.307 e. The monoisotopic (exact) mass is 267 g/mol. The standard InChI is InChI=1S/C12H17N3O4/c1-4-9(16)19-12-7(2)10(18-3)11(17)15(12)8-5-6-13-14-8/h12-13H,4-6H2,1-3H3. The number of methoxy groups -OCH3 is 1. The van der Waals surface area contributed by atoms with Gasteiger partial charge in [0, 0.05) is 25.0 Å². The Bertz CT molecular complexity index is 470. The third kappa shape index (κ3) is 2.27. The minimum Gasteiger partial charge on any atom is -0.491 e. The topological polar surface area (TPSA) is 80.2 Å². The summed E-state index contributed by atoms with van der Waals surface area (Å²) in [5.74, 6) is 0.0798. The molecule has 2 heterocycles. The average molecular weight is 267 g/mol. The smallest absolute Gasteiger partial charge is 0.307 e. The molecule has 0 saturated carbocycles. The van der Waals surface area contributed by atoms with E-state index in [0.29, 0.717) is 24.4 Å². The van der Waals surface area contributed by atoms with Gasteiger partial charge in [0.2, 0.25) is 6.23 Å². The summed E-state index contributed by atoms with van der Waals surface area (Å²) < 4.78 is 10.4. The predicted molar refractivity (Wildman–Crippen MR) is 66.8 cm³/mol. The largest absolute Gasteiger partial charge is 0.491 e. The van der Waals surface area contributed by atoms with E-state index in [1.54, 1.807) is 13.8 Å². The van der Waals surface area contributed by atoms with Gasteiger partial charge in [0.05, 0.1) is 7.11 Å². The number of nitrogens with zero attached hydrogens (tertiary/aromatic N) is 2. The van der Waals surface area contributed by atoms with E-state index in [-0.39, 0.29) is 24.1 Å². The van der Waals surface area contributed by atoms with E-state index in [2.05, 4.69) is 10.5 Å². The van der Waals surface area contributed by atoms with Crippen molar-refractivity contribution in [3.05, 3.63) is 11.3 Å². The van der Waals surface area contributed by atoms with Crippen LogP contribution in [0, 0.1) is 0 Å². The Morgan fingerprint density at radius 1 is 1.58 bits per heavy atom. The maximum atomic E-state index is 12.3. The van der Waals surface area contributed by atoms with Crippen LogP contribution in [-0.4, -0.2) is 42.5 Å². The number of hydrazone groups is 1. The predicted octanol–water partition coefficient (Wildman–Crippen LogP) is 0.335. The highest BCUT2D eigenvalue weighted by Crippen LogP contribution is 2.29. The zero-order valence-corrected chi connectivity index (χ0v) is 11.2. The summed E-state index contributed by atoms with van der Waals surface area (Å²) in [5, 5.41) is 4.05. The third-order valence-corrected chi connectivity index (χ3v) is 3.06. The molecule has 1 N–H and O–H groups in total. The lowest BCUT2D eigenvalue weighted by Crippen LogP contribution is -2.42. The summed E-state index contributed by atoms with van der Waals surface area (Å²) in [6, 6.07) is 0. The van der Waals surface area contributed by atoms with Crippen molar-refractivity contribution in [3.63, 3.8) is 0 Å². The van der Waals surface area contributed by atoms with Gasteiger partial charge in [-0.1, -0.05) is 6.92 Å². The van der Waals surface area contributed by atoms with E-state index in [0.717, 1.165) is 0 Å². The second-order valence-electron chi connectivity index (χ2n) is 4.27. The van der Waals surface area contributed by atoms with E-state index in [4.69, 9.17) is 9.47 Å². The Morgan fingerprint density at radius 2 is 2.32 bits per heavy atom. The quantitative estimate of drug-likeness (QED) is 0.746. The Hall–Kier alpha value is -2.05. The lowest BCUT2D eigenvalue weighted by Gasteiger charge is -2.24. The van der Waals surface area contributed by atoms with Crippen molar-refractivity contribution in [2.24, 2.45) is 5.10 Å². The first-order valence-electron chi connectivity index (χ1n) is 6.17. The summed E-state index contributed by atoms with van der Waals surface area (Å²) in [7, 11) is 1.42. The molecule has 104 valence electrons. The van der Waals surface area contributed by atoms with Gasteiger partial charge in [0.25, 0.3) is 5.91 Å². The highest BCUT2D eigenvalue weighted by atomic mass is 16.6. The highest BCUT2D eigenvalue weighted by Gasteiger charge is 2.43. The molecule has 1 unspecified atom stereocenters. The van der Waals surface area contributed by atoms with Crippen LogP contribution < -0.4 is 5.43 Å². The number of carbonyl (C=O) groups is 2. The summed E-state index contributed by atoms with van der Waals surface area (Å²) in [4.78, 5) is 25.1. The number of rotatable bonds is 3. The molecular formula is C12H17N3O4. The molecule has 0 spiro atoms. The SMILES string of the molecule is CCC(=O)OC1C(C)=C(OC)C(=O)N1C1=NNCC1. The molecule has 1 amide bonds. The van der Waals surface area contributed by atoms with Crippen molar-refractivity contribution in [1.29, 1.82) is 0 Å². The number of ether oxygens (including phenoxy) is 2. The summed E-state index contributed by atoms with van der Waals surface area (Å²) >= 11 is 0. The van der Waals surface area contributed by atoms with Crippen molar-refractivity contribution in [3.8, 4) is 0 Å². The van der Waals surface area contributed by atoms with E-state index >= 15 is 0 Å². The zero-order chi connectivity index (χ0) is 14.0.